The van der Waals surface area contributed by atoms with Gasteiger partial charge in [-0.2, -0.15) is 0 Å². The van der Waals surface area contributed by atoms with Gasteiger partial charge in [0.25, 0.3) is 0 Å². The molecule has 0 aliphatic carbocycles. The maximum atomic E-state index is 11.5. The molecule has 0 fully saturated rings. The fourth-order valence-corrected chi connectivity index (χ4v) is 1.16. The SMILES string of the molecule is CCC(CC)NC(=O)CNC(C)(C)C(N)=O. The van der Waals surface area contributed by atoms with Crippen LogP contribution in [0.5, 0.6) is 0 Å². The Balaban J connectivity index is 4.03. The summed E-state index contributed by atoms with van der Waals surface area (Å²) in [5.74, 6) is -0.578. The summed E-state index contributed by atoms with van der Waals surface area (Å²) in [6.07, 6.45) is 1.81. The smallest absolute Gasteiger partial charge is 0.237 e. The van der Waals surface area contributed by atoms with Crippen LogP contribution in [0.2, 0.25) is 0 Å². The molecule has 0 aromatic carbocycles. The monoisotopic (exact) mass is 229 g/mol. The van der Waals surface area contributed by atoms with Crippen molar-refractivity contribution in [1.29, 1.82) is 0 Å². The molecule has 0 heterocycles. The Kier molecular flexibility index (Phi) is 6.03. The topological polar surface area (TPSA) is 84.2 Å². The summed E-state index contributed by atoms with van der Waals surface area (Å²) in [7, 11) is 0. The molecule has 0 saturated carbocycles. The predicted molar refractivity (Wildman–Crippen MR) is 63.8 cm³/mol. The quantitative estimate of drug-likeness (QED) is 0.581. The second-order valence-corrected chi connectivity index (χ2v) is 4.42. The minimum Gasteiger partial charge on any atom is -0.368 e. The van der Waals surface area contributed by atoms with Crippen LogP contribution >= 0.6 is 0 Å². The van der Waals surface area contributed by atoms with Gasteiger partial charge in [0.2, 0.25) is 11.8 Å². The molecule has 0 bridgehead atoms. The van der Waals surface area contributed by atoms with Crippen LogP contribution in [0.1, 0.15) is 40.5 Å². The molecular formula is C11H23N3O2. The van der Waals surface area contributed by atoms with E-state index in [4.69, 9.17) is 5.73 Å². The summed E-state index contributed by atoms with van der Waals surface area (Å²) in [6, 6.07) is 0.200. The third-order valence-electron chi connectivity index (χ3n) is 2.66. The normalized spacial score (nSPS) is 11.6. The first-order valence-electron chi connectivity index (χ1n) is 5.67. The molecule has 0 aliphatic heterocycles. The van der Waals surface area contributed by atoms with Crippen LogP contribution in [0.15, 0.2) is 0 Å². The van der Waals surface area contributed by atoms with Crippen LogP contribution in [0.4, 0.5) is 0 Å². The lowest BCUT2D eigenvalue weighted by molar-refractivity contribution is -0.124. The molecule has 0 saturated heterocycles. The summed E-state index contributed by atoms with van der Waals surface area (Å²) in [4.78, 5) is 22.5. The zero-order valence-corrected chi connectivity index (χ0v) is 10.6. The van der Waals surface area contributed by atoms with E-state index >= 15 is 0 Å². The van der Waals surface area contributed by atoms with Gasteiger partial charge in [0.15, 0.2) is 0 Å². The Morgan fingerprint density at radius 3 is 2.12 bits per heavy atom. The molecular weight excluding hydrogens is 206 g/mol. The van der Waals surface area contributed by atoms with Gasteiger partial charge in [-0.1, -0.05) is 13.8 Å². The lowest BCUT2D eigenvalue weighted by Gasteiger charge is -2.23. The van der Waals surface area contributed by atoms with Crippen molar-refractivity contribution in [2.45, 2.75) is 52.1 Å². The molecule has 5 heteroatoms. The zero-order chi connectivity index (χ0) is 12.8. The molecule has 0 aliphatic rings. The van der Waals surface area contributed by atoms with Gasteiger partial charge in [0.05, 0.1) is 12.1 Å². The fourth-order valence-electron chi connectivity index (χ4n) is 1.16. The van der Waals surface area contributed by atoms with E-state index in [9.17, 15) is 9.59 Å². The summed E-state index contributed by atoms with van der Waals surface area (Å²) in [5, 5.41) is 5.70. The lowest BCUT2D eigenvalue weighted by atomic mass is 10.1. The molecule has 0 unspecified atom stereocenters. The number of carbonyl (C=O) groups excluding carboxylic acids is 2. The molecule has 5 nitrogen and oxygen atoms in total. The average Bonchev–Trinajstić information content (AvgIpc) is 2.23. The van der Waals surface area contributed by atoms with Crippen molar-refractivity contribution >= 4 is 11.8 Å². The highest BCUT2D eigenvalue weighted by Crippen LogP contribution is 1.99. The van der Waals surface area contributed by atoms with E-state index in [-0.39, 0.29) is 18.5 Å². The van der Waals surface area contributed by atoms with Gasteiger partial charge in [0, 0.05) is 6.04 Å². The number of amides is 2. The molecule has 0 rings (SSSR count). The third-order valence-corrected chi connectivity index (χ3v) is 2.66. The number of hydrogen-bond acceptors (Lipinski definition) is 3. The molecule has 0 spiro atoms. The second kappa shape index (κ2) is 6.48. The Labute approximate surface area is 97.2 Å². The Morgan fingerprint density at radius 1 is 1.25 bits per heavy atom. The van der Waals surface area contributed by atoms with E-state index in [0.29, 0.717) is 0 Å². The Hall–Kier alpha value is -1.10. The summed E-state index contributed by atoms with van der Waals surface area (Å²) < 4.78 is 0. The maximum absolute atomic E-state index is 11.5. The summed E-state index contributed by atoms with van der Waals surface area (Å²) >= 11 is 0. The van der Waals surface area contributed by atoms with Crippen molar-refractivity contribution in [1.82, 2.24) is 10.6 Å². The molecule has 94 valence electrons. The van der Waals surface area contributed by atoms with Crippen molar-refractivity contribution in [3.8, 4) is 0 Å². The van der Waals surface area contributed by atoms with Crippen LogP contribution in [-0.4, -0.2) is 29.9 Å². The standard InChI is InChI=1S/C11H23N3O2/c1-5-8(6-2)14-9(15)7-13-11(3,4)10(12)16/h8,13H,5-7H2,1-4H3,(H2,12,16)(H,14,15). The van der Waals surface area contributed by atoms with Gasteiger partial charge in [-0.25, -0.2) is 0 Å². The minimum absolute atomic E-state index is 0.104. The highest BCUT2D eigenvalue weighted by molar-refractivity contribution is 5.85. The Morgan fingerprint density at radius 2 is 1.75 bits per heavy atom. The highest BCUT2D eigenvalue weighted by Gasteiger charge is 2.24. The van der Waals surface area contributed by atoms with Crippen LogP contribution < -0.4 is 16.4 Å². The van der Waals surface area contributed by atoms with E-state index in [2.05, 4.69) is 10.6 Å². The van der Waals surface area contributed by atoms with Crippen LogP contribution in [0, 0.1) is 0 Å². The van der Waals surface area contributed by atoms with Gasteiger partial charge < -0.3 is 11.1 Å². The van der Waals surface area contributed by atoms with Crippen LogP contribution in [0.3, 0.4) is 0 Å². The first-order valence-corrected chi connectivity index (χ1v) is 5.67. The third kappa shape index (κ3) is 5.11. The number of primary amides is 1. The highest BCUT2D eigenvalue weighted by atomic mass is 16.2. The second-order valence-electron chi connectivity index (χ2n) is 4.42. The number of carbonyl (C=O) groups is 2. The molecule has 0 aromatic heterocycles. The summed E-state index contributed by atoms with van der Waals surface area (Å²) in [5.41, 5.74) is 4.32. The number of nitrogens with two attached hydrogens (primary N) is 1. The predicted octanol–water partition coefficient (Wildman–Crippen LogP) is 0.145. The van der Waals surface area contributed by atoms with Gasteiger partial charge in [0.1, 0.15) is 0 Å². The molecule has 2 amide bonds. The Bertz CT molecular complexity index is 248. The summed E-state index contributed by atoms with van der Waals surface area (Å²) in [6.45, 7) is 7.45. The van der Waals surface area contributed by atoms with Crippen LogP contribution in [-0.2, 0) is 9.59 Å². The molecule has 0 radical (unpaired) electrons. The van der Waals surface area contributed by atoms with Crippen molar-refractivity contribution in [2.24, 2.45) is 5.73 Å². The molecule has 4 N–H and O–H groups in total. The maximum Gasteiger partial charge on any atom is 0.237 e. The average molecular weight is 229 g/mol. The van der Waals surface area contributed by atoms with E-state index in [0.717, 1.165) is 12.8 Å². The van der Waals surface area contributed by atoms with Gasteiger partial charge in [-0.15, -0.1) is 0 Å². The molecule has 0 atom stereocenters. The number of rotatable bonds is 7. The van der Waals surface area contributed by atoms with Crippen molar-refractivity contribution in [3.05, 3.63) is 0 Å². The minimum atomic E-state index is -0.856. The van der Waals surface area contributed by atoms with E-state index in [1.807, 2.05) is 13.8 Å². The number of nitrogens with one attached hydrogen (secondary N) is 2. The van der Waals surface area contributed by atoms with E-state index < -0.39 is 11.4 Å². The molecule has 0 aromatic rings. The molecule has 16 heavy (non-hydrogen) atoms. The van der Waals surface area contributed by atoms with Crippen molar-refractivity contribution < 1.29 is 9.59 Å². The fraction of sp³-hybridized carbons (Fsp3) is 0.818. The first-order chi connectivity index (χ1) is 7.33. The van der Waals surface area contributed by atoms with Gasteiger partial charge in [-0.3, -0.25) is 14.9 Å². The van der Waals surface area contributed by atoms with Gasteiger partial charge >= 0.3 is 0 Å². The zero-order valence-electron chi connectivity index (χ0n) is 10.6. The van der Waals surface area contributed by atoms with Crippen LogP contribution in [0.25, 0.3) is 0 Å². The largest absolute Gasteiger partial charge is 0.368 e. The lowest BCUT2D eigenvalue weighted by Crippen LogP contribution is -2.54. The van der Waals surface area contributed by atoms with E-state index in [1.165, 1.54) is 0 Å². The van der Waals surface area contributed by atoms with Gasteiger partial charge in [-0.05, 0) is 26.7 Å². The number of hydrogen-bond donors (Lipinski definition) is 3. The first kappa shape index (κ1) is 14.9. The van der Waals surface area contributed by atoms with Crippen molar-refractivity contribution in [2.75, 3.05) is 6.54 Å². The van der Waals surface area contributed by atoms with E-state index in [1.54, 1.807) is 13.8 Å². The van der Waals surface area contributed by atoms with Crippen molar-refractivity contribution in [3.63, 3.8) is 0 Å².